The van der Waals surface area contributed by atoms with E-state index in [9.17, 15) is 9.59 Å². The first-order valence-electron chi connectivity index (χ1n) is 13.2. The number of halogens is 1. The summed E-state index contributed by atoms with van der Waals surface area (Å²) in [5, 5.41) is 3.51. The minimum atomic E-state index is -0.123. The van der Waals surface area contributed by atoms with Gasteiger partial charge in [-0.05, 0) is 38.0 Å². The lowest BCUT2D eigenvalue weighted by Crippen LogP contribution is -2.37. The highest BCUT2D eigenvalue weighted by atomic mass is 35.5. The van der Waals surface area contributed by atoms with Gasteiger partial charge in [0.25, 0.3) is 5.56 Å². The number of hydrogen-bond donors (Lipinski definition) is 1. The molecule has 11 nitrogen and oxygen atoms in total. The van der Waals surface area contributed by atoms with Gasteiger partial charge < -0.3 is 23.9 Å². The summed E-state index contributed by atoms with van der Waals surface area (Å²) in [6.45, 7) is 8.38. The van der Waals surface area contributed by atoms with E-state index in [-0.39, 0.29) is 17.8 Å². The second kappa shape index (κ2) is 12.2. The molecule has 5 heterocycles. The quantitative estimate of drug-likeness (QED) is 0.306. The van der Waals surface area contributed by atoms with Gasteiger partial charge in [0.2, 0.25) is 5.95 Å². The third-order valence-corrected chi connectivity index (χ3v) is 7.06. The van der Waals surface area contributed by atoms with Crippen LogP contribution in [0.15, 0.2) is 41.6 Å². The number of nitrogens with zero attached hydrogens (tertiary/aromatic N) is 6. The van der Waals surface area contributed by atoms with Crippen molar-refractivity contribution in [2.75, 3.05) is 38.2 Å². The Bertz CT molecular complexity index is 1590. The lowest BCUT2D eigenvalue weighted by molar-refractivity contribution is -0.116. The number of aromatic nitrogens is 5. The number of Topliss-reactive ketones (excluding diaryl/α,β-unsaturated/α-hetero) is 1. The predicted molar refractivity (Wildman–Crippen MR) is 153 cm³/mol. The number of pyridine rings is 3. The fourth-order valence-corrected chi connectivity index (χ4v) is 5.04. The molecular formula is C28H32ClN7O4. The SMILES string of the molecule is CC(=O)Cc1cc(Oc2cnc3nc(Nc4cc(C)cn(CCCN5CCOCC5)c4=O)n(C)c3c2Cl)ccn1. The standard InChI is InChI=1S/C28H32ClN7O4/c1-18-13-22(27(38)36(17-18)8-4-7-35-9-11-39-12-10-35)32-28-33-26-25(34(28)3)24(29)23(16-31-26)40-21-5-6-30-20(15-21)14-19(2)37/h5-6,13,15-17H,4,7-12,14H2,1-3H3,(H,31,32,33). The van der Waals surface area contributed by atoms with Crippen molar-refractivity contribution in [3.05, 3.63) is 63.4 Å². The maximum atomic E-state index is 13.3. The number of anilines is 2. The zero-order valence-corrected chi connectivity index (χ0v) is 23.6. The smallest absolute Gasteiger partial charge is 0.274 e. The van der Waals surface area contributed by atoms with Crippen molar-refractivity contribution in [3.63, 3.8) is 0 Å². The van der Waals surface area contributed by atoms with Crippen LogP contribution >= 0.6 is 11.6 Å². The number of ketones is 1. The van der Waals surface area contributed by atoms with Crippen molar-refractivity contribution >= 4 is 40.2 Å². The number of fused-ring (bicyclic) bond motifs is 1. The zero-order chi connectivity index (χ0) is 28.2. The van der Waals surface area contributed by atoms with Crippen LogP contribution in [0.3, 0.4) is 0 Å². The molecule has 0 spiro atoms. The molecule has 0 saturated carbocycles. The first kappa shape index (κ1) is 27.8. The number of carbonyl (C=O) groups excluding carboxylic acids is 1. The van der Waals surface area contributed by atoms with Gasteiger partial charge in [-0.3, -0.25) is 19.5 Å². The summed E-state index contributed by atoms with van der Waals surface area (Å²) < 4.78 is 14.9. The first-order valence-corrected chi connectivity index (χ1v) is 13.6. The van der Waals surface area contributed by atoms with Crippen molar-refractivity contribution in [3.8, 4) is 11.5 Å². The van der Waals surface area contributed by atoms with Gasteiger partial charge in [0.05, 0.1) is 25.1 Å². The molecule has 4 aromatic heterocycles. The summed E-state index contributed by atoms with van der Waals surface area (Å²) in [7, 11) is 1.79. The topological polar surface area (TPSA) is 116 Å². The largest absolute Gasteiger partial charge is 0.454 e. The van der Waals surface area contributed by atoms with E-state index in [1.807, 2.05) is 19.2 Å². The van der Waals surface area contributed by atoms with Gasteiger partial charge >= 0.3 is 0 Å². The lowest BCUT2D eigenvalue weighted by Gasteiger charge is -2.26. The minimum Gasteiger partial charge on any atom is -0.454 e. The van der Waals surface area contributed by atoms with Crippen molar-refractivity contribution < 1.29 is 14.3 Å². The molecule has 0 bridgehead atoms. The Morgan fingerprint density at radius 1 is 1.20 bits per heavy atom. The van der Waals surface area contributed by atoms with E-state index in [1.165, 1.54) is 13.1 Å². The minimum absolute atomic E-state index is 0.00837. The van der Waals surface area contributed by atoms with Crippen LogP contribution in [0.5, 0.6) is 11.5 Å². The number of aryl methyl sites for hydroxylation is 3. The van der Waals surface area contributed by atoms with Crippen LogP contribution in [0.2, 0.25) is 5.02 Å². The van der Waals surface area contributed by atoms with Crippen LogP contribution in [-0.2, 0) is 29.5 Å². The second-order valence-corrected chi connectivity index (χ2v) is 10.3. The van der Waals surface area contributed by atoms with Crippen molar-refractivity contribution in [2.45, 2.75) is 33.2 Å². The highest BCUT2D eigenvalue weighted by Crippen LogP contribution is 2.35. The number of ether oxygens (including phenoxy) is 2. The number of hydrogen-bond acceptors (Lipinski definition) is 9. The molecule has 1 aliphatic heterocycles. The fraction of sp³-hybridized carbons (Fsp3) is 0.393. The van der Waals surface area contributed by atoms with Crippen LogP contribution < -0.4 is 15.6 Å². The molecule has 0 aromatic carbocycles. The van der Waals surface area contributed by atoms with Crippen LogP contribution in [0, 0.1) is 6.92 Å². The van der Waals surface area contributed by atoms with Gasteiger partial charge in [-0.2, -0.15) is 4.98 Å². The van der Waals surface area contributed by atoms with Gasteiger partial charge in [-0.1, -0.05) is 11.6 Å². The summed E-state index contributed by atoms with van der Waals surface area (Å²) in [4.78, 5) is 40.3. The van der Waals surface area contributed by atoms with Crippen LogP contribution in [0.1, 0.15) is 24.6 Å². The maximum Gasteiger partial charge on any atom is 0.274 e. The van der Waals surface area contributed by atoms with E-state index in [4.69, 9.17) is 21.1 Å². The van der Waals surface area contributed by atoms with Gasteiger partial charge in [-0.25, -0.2) is 4.98 Å². The molecule has 1 saturated heterocycles. The Labute approximate surface area is 236 Å². The van der Waals surface area contributed by atoms with Crippen LogP contribution in [0.25, 0.3) is 11.2 Å². The van der Waals surface area contributed by atoms with E-state index in [0.29, 0.717) is 51.6 Å². The van der Waals surface area contributed by atoms with Gasteiger partial charge in [0, 0.05) is 58.1 Å². The second-order valence-electron chi connectivity index (χ2n) is 9.93. The molecule has 0 radical (unpaired) electrons. The van der Waals surface area contributed by atoms with Gasteiger partial charge in [0.1, 0.15) is 27.8 Å². The van der Waals surface area contributed by atoms with E-state index >= 15 is 0 Å². The fourth-order valence-electron chi connectivity index (χ4n) is 4.75. The number of morpholine rings is 1. The number of rotatable bonds is 10. The molecule has 0 unspecified atom stereocenters. The molecule has 1 aliphatic rings. The third-order valence-electron chi connectivity index (χ3n) is 6.70. The Balaban J connectivity index is 1.35. The number of carbonyl (C=O) groups is 1. The predicted octanol–water partition coefficient (Wildman–Crippen LogP) is 3.88. The molecule has 0 atom stereocenters. The normalized spacial score (nSPS) is 14.0. The number of imidazole rings is 1. The Morgan fingerprint density at radius 2 is 2.00 bits per heavy atom. The molecular weight excluding hydrogens is 534 g/mol. The molecule has 5 rings (SSSR count). The molecule has 1 fully saturated rings. The van der Waals surface area contributed by atoms with E-state index in [2.05, 4.69) is 25.2 Å². The average Bonchev–Trinajstić information content (AvgIpc) is 3.24. The summed E-state index contributed by atoms with van der Waals surface area (Å²) in [5.41, 5.74) is 2.83. The molecule has 12 heteroatoms. The highest BCUT2D eigenvalue weighted by molar-refractivity contribution is 6.36. The van der Waals surface area contributed by atoms with Crippen molar-refractivity contribution in [1.29, 1.82) is 0 Å². The Morgan fingerprint density at radius 3 is 2.77 bits per heavy atom. The van der Waals surface area contributed by atoms with Crippen LogP contribution in [-0.4, -0.2) is 67.6 Å². The maximum absolute atomic E-state index is 13.3. The summed E-state index contributed by atoms with van der Waals surface area (Å²) in [6.07, 6.45) is 6.04. The third kappa shape index (κ3) is 6.33. The van der Waals surface area contributed by atoms with Gasteiger partial charge in [0.15, 0.2) is 11.4 Å². The molecule has 40 heavy (non-hydrogen) atoms. The molecule has 0 amide bonds. The zero-order valence-electron chi connectivity index (χ0n) is 22.8. The van der Waals surface area contributed by atoms with Crippen LogP contribution in [0.4, 0.5) is 11.6 Å². The molecule has 0 aliphatic carbocycles. The van der Waals surface area contributed by atoms with Crippen molar-refractivity contribution in [2.24, 2.45) is 7.05 Å². The number of nitrogens with one attached hydrogen (secondary N) is 1. The summed E-state index contributed by atoms with van der Waals surface area (Å²) in [6, 6.07) is 5.19. The summed E-state index contributed by atoms with van der Waals surface area (Å²) in [5.74, 6) is 1.26. The molecule has 1 N–H and O–H groups in total. The van der Waals surface area contributed by atoms with E-state index < -0.39 is 0 Å². The van der Waals surface area contributed by atoms with Gasteiger partial charge in [-0.15, -0.1) is 0 Å². The lowest BCUT2D eigenvalue weighted by atomic mass is 10.2. The van der Waals surface area contributed by atoms with Crippen molar-refractivity contribution in [1.82, 2.24) is 29.0 Å². The monoisotopic (exact) mass is 565 g/mol. The van der Waals surface area contributed by atoms with E-state index in [1.54, 1.807) is 34.5 Å². The highest BCUT2D eigenvalue weighted by Gasteiger charge is 2.18. The Kier molecular flexibility index (Phi) is 8.43. The average molecular weight is 566 g/mol. The van der Waals surface area contributed by atoms with E-state index in [0.717, 1.165) is 44.8 Å². The molecule has 210 valence electrons. The molecule has 4 aromatic rings. The Hall–Kier alpha value is -3.80. The first-order chi connectivity index (χ1) is 19.3. The summed E-state index contributed by atoms with van der Waals surface area (Å²) >= 11 is 6.74.